The molecule has 2 aliphatic rings. The number of hydrogen-bond donors (Lipinski definition) is 4. The quantitative estimate of drug-likeness (QED) is 0.596. The van der Waals surface area contributed by atoms with Crippen LogP contribution in [0.1, 0.15) is 6.42 Å². The van der Waals surface area contributed by atoms with Gasteiger partial charge in [0.1, 0.15) is 18.4 Å². The van der Waals surface area contributed by atoms with E-state index in [2.05, 4.69) is 10.6 Å². The molecule has 2 bridgehead atoms. The molecule has 0 aliphatic carbocycles. The highest BCUT2D eigenvalue weighted by molar-refractivity contribution is 5.70. The smallest absolute Gasteiger partial charge is 0.130 e. The third-order valence-corrected chi connectivity index (χ3v) is 3.34. The summed E-state index contributed by atoms with van der Waals surface area (Å²) in [6.45, 7) is -0.281. The summed E-state index contributed by atoms with van der Waals surface area (Å²) in [6, 6.07) is 7.94. The van der Waals surface area contributed by atoms with E-state index in [0.717, 1.165) is 17.8 Å². The van der Waals surface area contributed by atoms with Crippen molar-refractivity contribution in [2.45, 2.75) is 30.9 Å². The molecule has 0 amide bonds. The zero-order valence-electron chi connectivity index (χ0n) is 9.34. The Balaban J connectivity index is 1.86. The standard InChI is InChI=1S/C12H16N2O3/c15-6-10(16)12-9-5-11(17-12)14-8-4-2-1-3-7(8)13-9/h1-4,9-16H,5-6H2/t9-,10+,11+,12+/m1/s1. The van der Waals surface area contributed by atoms with E-state index in [-0.39, 0.29) is 25.0 Å². The molecule has 5 heteroatoms. The number of rotatable bonds is 2. The molecule has 17 heavy (non-hydrogen) atoms. The molecule has 0 radical (unpaired) electrons. The van der Waals surface area contributed by atoms with Gasteiger partial charge >= 0.3 is 0 Å². The van der Waals surface area contributed by atoms with Gasteiger partial charge in [-0.2, -0.15) is 0 Å². The fraction of sp³-hybridized carbons (Fsp3) is 0.500. The molecule has 1 fully saturated rings. The summed E-state index contributed by atoms with van der Waals surface area (Å²) in [5.41, 5.74) is 2.02. The first kappa shape index (κ1) is 10.8. The van der Waals surface area contributed by atoms with Crippen LogP contribution in [0, 0.1) is 0 Å². The summed E-state index contributed by atoms with van der Waals surface area (Å²) in [5.74, 6) is 0. The van der Waals surface area contributed by atoms with Crippen molar-refractivity contribution in [2.24, 2.45) is 0 Å². The van der Waals surface area contributed by atoms with Gasteiger partial charge < -0.3 is 25.6 Å². The second-order valence-corrected chi connectivity index (χ2v) is 4.52. The van der Waals surface area contributed by atoms with Crippen LogP contribution in [-0.4, -0.2) is 41.3 Å². The van der Waals surface area contributed by atoms with Crippen molar-refractivity contribution in [2.75, 3.05) is 17.2 Å². The first-order chi connectivity index (χ1) is 8.28. The lowest BCUT2D eigenvalue weighted by Gasteiger charge is -2.26. The van der Waals surface area contributed by atoms with E-state index in [1.165, 1.54) is 0 Å². The van der Waals surface area contributed by atoms with Gasteiger partial charge in [0.25, 0.3) is 0 Å². The minimum atomic E-state index is -0.843. The molecule has 2 aliphatic heterocycles. The summed E-state index contributed by atoms with van der Waals surface area (Å²) in [6.07, 6.45) is -0.547. The molecule has 92 valence electrons. The number of ether oxygens (including phenoxy) is 1. The number of fused-ring (bicyclic) bond motifs is 3. The summed E-state index contributed by atoms with van der Waals surface area (Å²) < 4.78 is 5.69. The van der Waals surface area contributed by atoms with Crippen LogP contribution in [0.2, 0.25) is 0 Å². The summed E-state index contributed by atoms with van der Waals surface area (Å²) >= 11 is 0. The molecule has 0 aromatic heterocycles. The first-order valence-corrected chi connectivity index (χ1v) is 5.84. The minimum Gasteiger partial charge on any atom is -0.394 e. The Labute approximate surface area is 99.4 Å². The predicted octanol–water partition coefficient (Wildman–Crippen LogP) is 0.361. The molecule has 1 aromatic rings. The molecule has 0 spiro atoms. The number of aliphatic hydroxyl groups excluding tert-OH is 2. The number of para-hydroxylation sites is 2. The molecule has 2 heterocycles. The van der Waals surface area contributed by atoms with Gasteiger partial charge in [-0.3, -0.25) is 0 Å². The average Bonchev–Trinajstić information content (AvgIpc) is 2.62. The van der Waals surface area contributed by atoms with Crippen molar-refractivity contribution in [1.82, 2.24) is 0 Å². The molecule has 4 atom stereocenters. The number of nitrogens with one attached hydrogen (secondary N) is 2. The van der Waals surface area contributed by atoms with Crippen molar-refractivity contribution in [3.8, 4) is 0 Å². The van der Waals surface area contributed by atoms with Crippen molar-refractivity contribution in [3.05, 3.63) is 24.3 Å². The first-order valence-electron chi connectivity index (χ1n) is 5.84. The van der Waals surface area contributed by atoms with Crippen molar-refractivity contribution in [1.29, 1.82) is 0 Å². The zero-order valence-corrected chi connectivity index (χ0v) is 9.34. The van der Waals surface area contributed by atoms with E-state index in [9.17, 15) is 5.11 Å². The maximum absolute atomic E-state index is 9.70. The Morgan fingerprint density at radius 3 is 2.71 bits per heavy atom. The molecule has 0 unspecified atom stereocenters. The Bertz CT molecular complexity index is 412. The van der Waals surface area contributed by atoms with E-state index >= 15 is 0 Å². The van der Waals surface area contributed by atoms with Gasteiger partial charge in [0, 0.05) is 6.42 Å². The van der Waals surface area contributed by atoms with E-state index in [1.807, 2.05) is 24.3 Å². The van der Waals surface area contributed by atoms with Gasteiger partial charge in [-0.15, -0.1) is 0 Å². The number of benzene rings is 1. The minimum absolute atomic E-state index is 0.0262. The molecule has 1 aromatic carbocycles. The van der Waals surface area contributed by atoms with Crippen molar-refractivity contribution in [3.63, 3.8) is 0 Å². The maximum atomic E-state index is 9.70. The molecule has 3 rings (SSSR count). The lowest BCUT2D eigenvalue weighted by Crippen LogP contribution is -2.41. The second-order valence-electron chi connectivity index (χ2n) is 4.52. The van der Waals surface area contributed by atoms with Gasteiger partial charge in [-0.05, 0) is 12.1 Å². The SMILES string of the molecule is OC[C@H](O)[C@H]1O[C@H]2C[C@H]1Nc1ccccc1N2. The molecular weight excluding hydrogens is 220 g/mol. The third kappa shape index (κ3) is 1.86. The fourth-order valence-corrected chi connectivity index (χ4v) is 2.51. The van der Waals surface area contributed by atoms with E-state index in [0.29, 0.717) is 0 Å². The molecule has 1 saturated heterocycles. The van der Waals surface area contributed by atoms with Crippen LogP contribution in [0.5, 0.6) is 0 Å². The van der Waals surface area contributed by atoms with Crippen LogP contribution >= 0.6 is 0 Å². The average molecular weight is 236 g/mol. The van der Waals surface area contributed by atoms with Crippen LogP contribution in [0.15, 0.2) is 24.3 Å². The van der Waals surface area contributed by atoms with Gasteiger partial charge in [-0.1, -0.05) is 12.1 Å². The molecular formula is C12H16N2O3. The van der Waals surface area contributed by atoms with Crippen LogP contribution in [0.3, 0.4) is 0 Å². The summed E-state index contributed by atoms with van der Waals surface area (Å²) in [4.78, 5) is 0. The highest BCUT2D eigenvalue weighted by Crippen LogP contribution is 2.34. The number of anilines is 2. The lowest BCUT2D eigenvalue weighted by molar-refractivity contribution is -0.0499. The Hall–Kier alpha value is -1.30. The molecule has 0 saturated carbocycles. The highest BCUT2D eigenvalue weighted by atomic mass is 16.5. The van der Waals surface area contributed by atoms with Gasteiger partial charge in [0.15, 0.2) is 0 Å². The second kappa shape index (κ2) is 4.18. The highest BCUT2D eigenvalue weighted by Gasteiger charge is 2.41. The monoisotopic (exact) mass is 236 g/mol. The van der Waals surface area contributed by atoms with Gasteiger partial charge in [-0.25, -0.2) is 0 Å². The summed E-state index contributed by atoms with van der Waals surface area (Å²) in [5, 5.41) is 25.3. The fourth-order valence-electron chi connectivity index (χ4n) is 2.51. The number of aliphatic hydroxyl groups is 2. The van der Waals surface area contributed by atoms with Gasteiger partial charge in [0.2, 0.25) is 0 Å². The van der Waals surface area contributed by atoms with E-state index in [1.54, 1.807) is 0 Å². The predicted molar refractivity (Wildman–Crippen MR) is 63.8 cm³/mol. The molecule has 5 nitrogen and oxygen atoms in total. The van der Waals surface area contributed by atoms with Gasteiger partial charge in [0.05, 0.1) is 24.0 Å². The molecule has 4 N–H and O–H groups in total. The Morgan fingerprint density at radius 1 is 1.29 bits per heavy atom. The van der Waals surface area contributed by atoms with Crippen LogP contribution < -0.4 is 10.6 Å². The topological polar surface area (TPSA) is 73.8 Å². The maximum Gasteiger partial charge on any atom is 0.130 e. The van der Waals surface area contributed by atoms with Crippen molar-refractivity contribution < 1.29 is 14.9 Å². The third-order valence-electron chi connectivity index (χ3n) is 3.34. The largest absolute Gasteiger partial charge is 0.394 e. The van der Waals surface area contributed by atoms with E-state index in [4.69, 9.17) is 9.84 Å². The van der Waals surface area contributed by atoms with Crippen LogP contribution in [0.25, 0.3) is 0 Å². The Morgan fingerprint density at radius 2 is 2.00 bits per heavy atom. The lowest BCUT2D eigenvalue weighted by atomic mass is 10.1. The summed E-state index contributed by atoms with van der Waals surface area (Å²) in [7, 11) is 0. The van der Waals surface area contributed by atoms with Crippen LogP contribution in [-0.2, 0) is 4.74 Å². The normalized spacial score (nSPS) is 32.0. The van der Waals surface area contributed by atoms with Crippen LogP contribution in [0.4, 0.5) is 11.4 Å². The number of hydrogen-bond acceptors (Lipinski definition) is 5. The zero-order chi connectivity index (χ0) is 11.8. The Kier molecular flexibility index (Phi) is 2.66. The van der Waals surface area contributed by atoms with Crippen molar-refractivity contribution >= 4 is 11.4 Å². The van der Waals surface area contributed by atoms with E-state index < -0.39 is 6.10 Å².